The van der Waals surface area contributed by atoms with E-state index < -0.39 is 5.82 Å². The molecular weight excluding hydrogens is 331 g/mol. The van der Waals surface area contributed by atoms with Crippen molar-refractivity contribution in [2.45, 2.75) is 25.3 Å². The van der Waals surface area contributed by atoms with Crippen LogP contribution in [0.15, 0.2) is 48.5 Å². The van der Waals surface area contributed by atoms with Gasteiger partial charge in [0.15, 0.2) is 11.6 Å². The second kappa shape index (κ2) is 8.81. The molecule has 3 rings (SSSR count). The van der Waals surface area contributed by atoms with Gasteiger partial charge in [0, 0.05) is 6.54 Å². The summed E-state index contributed by atoms with van der Waals surface area (Å²) in [6, 6.07) is 14.6. The van der Waals surface area contributed by atoms with Gasteiger partial charge in [-0.3, -0.25) is 4.79 Å². The largest absolute Gasteiger partial charge is 0.494 e. The molecule has 0 radical (unpaired) electrons. The number of nitrogens with one attached hydrogen (secondary N) is 1. The summed E-state index contributed by atoms with van der Waals surface area (Å²) in [5.41, 5.74) is 1.72. The fraction of sp³-hybridized carbons (Fsp3) is 0.381. The Balaban J connectivity index is 1.67. The van der Waals surface area contributed by atoms with E-state index in [2.05, 4.69) is 10.2 Å². The van der Waals surface area contributed by atoms with Gasteiger partial charge < -0.3 is 15.0 Å². The average Bonchev–Trinajstić information content (AvgIpc) is 3.15. The van der Waals surface area contributed by atoms with E-state index in [9.17, 15) is 9.18 Å². The zero-order valence-corrected chi connectivity index (χ0v) is 15.1. The molecular formula is C21H25FN2O2. The van der Waals surface area contributed by atoms with Gasteiger partial charge in [0.2, 0.25) is 5.91 Å². The Kier molecular flexibility index (Phi) is 6.23. The number of methoxy groups -OCH3 is 1. The molecule has 5 heteroatoms. The van der Waals surface area contributed by atoms with E-state index in [0.29, 0.717) is 5.56 Å². The van der Waals surface area contributed by atoms with Crippen LogP contribution in [0.2, 0.25) is 0 Å². The third-order valence-electron chi connectivity index (χ3n) is 4.76. The number of carbonyl (C=O) groups excluding carboxylic acids is 1. The molecule has 0 saturated carbocycles. The first-order chi connectivity index (χ1) is 12.7. The van der Waals surface area contributed by atoms with Crippen LogP contribution in [-0.4, -0.2) is 37.6 Å². The summed E-state index contributed by atoms with van der Waals surface area (Å²) < 4.78 is 18.8. The Bertz CT molecular complexity index is 730. The molecule has 1 aliphatic heterocycles. The van der Waals surface area contributed by atoms with Gasteiger partial charge >= 0.3 is 0 Å². The fourth-order valence-electron chi connectivity index (χ4n) is 3.39. The number of carbonyl (C=O) groups is 1. The van der Waals surface area contributed by atoms with E-state index >= 15 is 0 Å². The van der Waals surface area contributed by atoms with Crippen molar-refractivity contribution in [1.82, 2.24) is 10.2 Å². The average molecular weight is 356 g/mol. The SMILES string of the molecule is COc1ccc(CC(=O)NC(CN2CCCC2)c2ccccc2)cc1F. The maximum atomic E-state index is 13.8. The smallest absolute Gasteiger partial charge is 0.224 e. The van der Waals surface area contributed by atoms with Crippen LogP contribution in [0, 0.1) is 5.82 Å². The molecule has 0 aliphatic carbocycles. The number of amides is 1. The summed E-state index contributed by atoms with van der Waals surface area (Å²) in [5.74, 6) is -0.373. The predicted molar refractivity (Wildman–Crippen MR) is 99.7 cm³/mol. The number of hydrogen-bond acceptors (Lipinski definition) is 3. The second-order valence-corrected chi connectivity index (χ2v) is 6.68. The lowest BCUT2D eigenvalue weighted by molar-refractivity contribution is -0.121. The van der Waals surface area contributed by atoms with Gasteiger partial charge in [0.25, 0.3) is 0 Å². The Hall–Kier alpha value is -2.40. The highest BCUT2D eigenvalue weighted by Gasteiger charge is 2.20. The van der Waals surface area contributed by atoms with Crippen LogP contribution in [0.25, 0.3) is 0 Å². The first-order valence-electron chi connectivity index (χ1n) is 9.05. The number of benzene rings is 2. The van der Waals surface area contributed by atoms with Gasteiger partial charge in [-0.05, 0) is 49.2 Å². The molecule has 4 nitrogen and oxygen atoms in total. The van der Waals surface area contributed by atoms with E-state index in [1.807, 2.05) is 30.3 Å². The summed E-state index contributed by atoms with van der Waals surface area (Å²) in [6.07, 6.45) is 2.56. The van der Waals surface area contributed by atoms with Crippen LogP contribution in [0.1, 0.15) is 30.0 Å². The zero-order chi connectivity index (χ0) is 18.4. The van der Waals surface area contributed by atoms with Gasteiger partial charge in [-0.25, -0.2) is 4.39 Å². The fourth-order valence-corrected chi connectivity index (χ4v) is 3.39. The summed E-state index contributed by atoms with van der Waals surface area (Å²) >= 11 is 0. The van der Waals surface area contributed by atoms with Crippen molar-refractivity contribution in [2.24, 2.45) is 0 Å². The lowest BCUT2D eigenvalue weighted by Gasteiger charge is -2.25. The van der Waals surface area contributed by atoms with Crippen LogP contribution in [-0.2, 0) is 11.2 Å². The molecule has 1 heterocycles. The Morgan fingerprint density at radius 1 is 1.19 bits per heavy atom. The zero-order valence-electron chi connectivity index (χ0n) is 15.1. The molecule has 26 heavy (non-hydrogen) atoms. The van der Waals surface area contributed by atoms with E-state index in [0.717, 1.165) is 25.2 Å². The van der Waals surface area contributed by atoms with Crippen LogP contribution in [0.3, 0.4) is 0 Å². The van der Waals surface area contributed by atoms with Crippen molar-refractivity contribution in [3.05, 3.63) is 65.5 Å². The van der Waals surface area contributed by atoms with Gasteiger partial charge in [-0.1, -0.05) is 36.4 Å². The lowest BCUT2D eigenvalue weighted by Crippen LogP contribution is -2.37. The molecule has 1 amide bonds. The molecule has 0 bridgehead atoms. The summed E-state index contributed by atoms with van der Waals surface area (Å²) in [4.78, 5) is 14.9. The van der Waals surface area contributed by atoms with Crippen molar-refractivity contribution >= 4 is 5.91 Å². The molecule has 2 aromatic rings. The van der Waals surface area contributed by atoms with Crippen molar-refractivity contribution in [2.75, 3.05) is 26.7 Å². The monoisotopic (exact) mass is 356 g/mol. The molecule has 1 unspecified atom stereocenters. The molecule has 1 saturated heterocycles. The third kappa shape index (κ3) is 4.82. The quantitative estimate of drug-likeness (QED) is 0.827. The van der Waals surface area contributed by atoms with E-state index in [4.69, 9.17) is 4.74 Å². The Labute approximate surface area is 154 Å². The normalized spacial score (nSPS) is 15.6. The van der Waals surface area contributed by atoms with E-state index in [-0.39, 0.29) is 24.1 Å². The van der Waals surface area contributed by atoms with Crippen LogP contribution >= 0.6 is 0 Å². The van der Waals surface area contributed by atoms with Gasteiger partial charge in [-0.15, -0.1) is 0 Å². The second-order valence-electron chi connectivity index (χ2n) is 6.68. The van der Waals surface area contributed by atoms with Gasteiger partial charge in [0.1, 0.15) is 0 Å². The Morgan fingerprint density at radius 3 is 2.58 bits per heavy atom. The Morgan fingerprint density at radius 2 is 1.92 bits per heavy atom. The molecule has 1 aliphatic rings. The summed E-state index contributed by atoms with van der Waals surface area (Å²) in [6.45, 7) is 2.94. The molecule has 1 N–H and O–H groups in total. The number of halogens is 1. The van der Waals surface area contributed by atoms with Crippen molar-refractivity contribution in [3.8, 4) is 5.75 Å². The van der Waals surface area contributed by atoms with E-state index in [1.54, 1.807) is 12.1 Å². The highest BCUT2D eigenvalue weighted by atomic mass is 19.1. The number of ether oxygens (including phenoxy) is 1. The molecule has 2 aromatic carbocycles. The molecule has 0 spiro atoms. The van der Waals surface area contributed by atoms with Gasteiger partial charge in [-0.2, -0.15) is 0 Å². The van der Waals surface area contributed by atoms with Crippen molar-refractivity contribution < 1.29 is 13.9 Å². The first kappa shape index (κ1) is 18.4. The molecule has 138 valence electrons. The summed E-state index contributed by atoms with van der Waals surface area (Å²) in [7, 11) is 1.42. The minimum atomic E-state index is -0.450. The third-order valence-corrected chi connectivity index (χ3v) is 4.76. The standard InChI is InChI=1S/C21H25FN2O2/c1-26-20-10-9-16(13-18(20)22)14-21(25)23-19(15-24-11-5-6-12-24)17-7-3-2-4-8-17/h2-4,7-10,13,19H,5-6,11-12,14-15H2,1H3,(H,23,25). The number of likely N-dealkylation sites (tertiary alicyclic amines) is 1. The highest BCUT2D eigenvalue weighted by Crippen LogP contribution is 2.20. The minimum absolute atomic E-state index is 0.0649. The number of nitrogens with zero attached hydrogens (tertiary/aromatic N) is 1. The van der Waals surface area contributed by atoms with Crippen LogP contribution < -0.4 is 10.1 Å². The number of rotatable bonds is 7. The number of hydrogen-bond donors (Lipinski definition) is 1. The maximum absolute atomic E-state index is 13.8. The van der Waals surface area contributed by atoms with Crippen LogP contribution in [0.5, 0.6) is 5.75 Å². The van der Waals surface area contributed by atoms with Crippen molar-refractivity contribution in [1.29, 1.82) is 0 Å². The summed E-state index contributed by atoms with van der Waals surface area (Å²) in [5, 5.41) is 3.12. The van der Waals surface area contributed by atoms with Crippen LogP contribution in [0.4, 0.5) is 4.39 Å². The molecule has 0 aromatic heterocycles. The minimum Gasteiger partial charge on any atom is -0.494 e. The molecule has 1 atom stereocenters. The molecule has 1 fully saturated rings. The first-order valence-corrected chi connectivity index (χ1v) is 9.05. The van der Waals surface area contributed by atoms with Crippen molar-refractivity contribution in [3.63, 3.8) is 0 Å². The maximum Gasteiger partial charge on any atom is 0.224 e. The topological polar surface area (TPSA) is 41.6 Å². The predicted octanol–water partition coefficient (Wildman–Crippen LogP) is 3.33. The van der Waals surface area contributed by atoms with Gasteiger partial charge in [0.05, 0.1) is 19.6 Å². The lowest BCUT2D eigenvalue weighted by atomic mass is 10.1. The van der Waals surface area contributed by atoms with E-state index in [1.165, 1.54) is 26.0 Å². The highest BCUT2D eigenvalue weighted by molar-refractivity contribution is 5.79.